The zero-order valence-corrected chi connectivity index (χ0v) is 11.3. The molecule has 100 valence electrons. The number of fused-ring (bicyclic) bond motifs is 1. The van der Waals surface area contributed by atoms with Crippen LogP contribution in [0.4, 0.5) is 0 Å². The predicted molar refractivity (Wildman–Crippen MR) is 79.3 cm³/mol. The van der Waals surface area contributed by atoms with Gasteiger partial charge in [0.25, 0.3) is 0 Å². The molecular formula is C16H16N4. The first-order valence-electron chi connectivity index (χ1n) is 6.72. The summed E-state index contributed by atoms with van der Waals surface area (Å²) in [7, 11) is 0. The Morgan fingerprint density at radius 2 is 2.05 bits per heavy atom. The Labute approximate surface area is 117 Å². The Hall–Kier alpha value is -2.33. The number of hydrogen-bond acceptors (Lipinski definition) is 4. The largest absolute Gasteiger partial charge is 0.305 e. The van der Waals surface area contributed by atoms with Gasteiger partial charge in [-0.15, -0.1) is 0 Å². The molecule has 0 aliphatic rings. The van der Waals surface area contributed by atoms with Crippen molar-refractivity contribution in [3.8, 4) is 0 Å². The third-order valence-electron chi connectivity index (χ3n) is 3.25. The number of hydrogen-bond donors (Lipinski definition) is 1. The minimum atomic E-state index is 0.0418. The molecule has 1 unspecified atom stereocenters. The first-order chi connectivity index (χ1) is 9.88. The molecule has 4 heteroatoms. The molecule has 0 spiro atoms. The zero-order valence-electron chi connectivity index (χ0n) is 11.3. The Balaban J connectivity index is 2.05. The molecule has 0 aliphatic carbocycles. The van der Waals surface area contributed by atoms with Gasteiger partial charge < -0.3 is 5.32 Å². The summed E-state index contributed by atoms with van der Waals surface area (Å²) < 4.78 is 0. The Morgan fingerprint density at radius 1 is 1.10 bits per heavy atom. The molecule has 0 amide bonds. The molecule has 0 saturated heterocycles. The molecule has 0 fully saturated rings. The summed E-state index contributed by atoms with van der Waals surface area (Å²) in [5.41, 5.74) is 3.07. The molecule has 0 saturated carbocycles. The maximum atomic E-state index is 4.41. The van der Waals surface area contributed by atoms with Crippen LogP contribution in [0.1, 0.15) is 24.2 Å². The van der Waals surface area contributed by atoms with E-state index in [-0.39, 0.29) is 6.04 Å². The SMILES string of the molecule is CCNC(c1ccc2cccnc2c1)c1cnccn1. The van der Waals surface area contributed by atoms with Gasteiger partial charge in [-0.25, -0.2) is 0 Å². The number of aromatic nitrogens is 3. The van der Waals surface area contributed by atoms with Crippen molar-refractivity contribution in [2.45, 2.75) is 13.0 Å². The molecule has 2 heterocycles. The lowest BCUT2D eigenvalue weighted by Crippen LogP contribution is -2.23. The van der Waals surface area contributed by atoms with E-state index in [4.69, 9.17) is 0 Å². The van der Waals surface area contributed by atoms with Crippen LogP contribution in [0, 0.1) is 0 Å². The molecule has 20 heavy (non-hydrogen) atoms. The first kappa shape index (κ1) is 12.7. The topological polar surface area (TPSA) is 50.7 Å². The molecular weight excluding hydrogens is 248 g/mol. The van der Waals surface area contributed by atoms with Crippen molar-refractivity contribution in [2.75, 3.05) is 6.54 Å². The van der Waals surface area contributed by atoms with Crippen LogP contribution < -0.4 is 5.32 Å². The number of benzene rings is 1. The number of pyridine rings is 1. The van der Waals surface area contributed by atoms with Crippen LogP contribution in [0.15, 0.2) is 55.1 Å². The van der Waals surface area contributed by atoms with E-state index in [1.165, 1.54) is 0 Å². The standard InChI is InChI=1S/C16H16N4/c1-2-18-16(15-11-17-8-9-20-15)13-6-5-12-4-3-7-19-14(12)10-13/h3-11,16,18H,2H2,1H3. The van der Waals surface area contributed by atoms with E-state index in [1.807, 2.05) is 12.3 Å². The predicted octanol–water partition coefficient (Wildman–Crippen LogP) is 2.72. The maximum Gasteiger partial charge on any atom is 0.0801 e. The Morgan fingerprint density at radius 3 is 2.85 bits per heavy atom. The second-order valence-electron chi connectivity index (χ2n) is 4.58. The molecule has 0 aliphatic heterocycles. The van der Waals surface area contributed by atoms with E-state index < -0.39 is 0 Å². The molecule has 4 nitrogen and oxygen atoms in total. The van der Waals surface area contributed by atoms with Crippen LogP contribution in [0.25, 0.3) is 10.9 Å². The van der Waals surface area contributed by atoms with Gasteiger partial charge in [0.15, 0.2) is 0 Å². The lowest BCUT2D eigenvalue weighted by molar-refractivity contribution is 0.613. The van der Waals surface area contributed by atoms with E-state index in [0.717, 1.165) is 28.7 Å². The van der Waals surface area contributed by atoms with E-state index in [2.05, 4.69) is 51.5 Å². The second kappa shape index (κ2) is 5.75. The number of rotatable bonds is 4. The fourth-order valence-corrected chi connectivity index (χ4v) is 2.32. The van der Waals surface area contributed by atoms with Crippen molar-refractivity contribution in [3.05, 3.63) is 66.4 Å². The van der Waals surface area contributed by atoms with Crippen molar-refractivity contribution < 1.29 is 0 Å². The average molecular weight is 264 g/mol. The number of nitrogens with one attached hydrogen (secondary N) is 1. The van der Waals surface area contributed by atoms with E-state index in [1.54, 1.807) is 18.6 Å². The van der Waals surface area contributed by atoms with Gasteiger partial charge in [0.1, 0.15) is 0 Å². The van der Waals surface area contributed by atoms with Crippen LogP contribution in [-0.4, -0.2) is 21.5 Å². The summed E-state index contributed by atoms with van der Waals surface area (Å²) in [5.74, 6) is 0. The first-order valence-corrected chi connectivity index (χ1v) is 6.72. The summed E-state index contributed by atoms with van der Waals surface area (Å²) in [6.45, 7) is 2.95. The molecule has 3 rings (SSSR count). The highest BCUT2D eigenvalue weighted by atomic mass is 14.9. The zero-order chi connectivity index (χ0) is 13.8. The molecule has 2 aromatic heterocycles. The number of nitrogens with zero attached hydrogens (tertiary/aromatic N) is 3. The van der Waals surface area contributed by atoms with Gasteiger partial charge >= 0.3 is 0 Å². The summed E-state index contributed by atoms with van der Waals surface area (Å²) >= 11 is 0. The summed E-state index contributed by atoms with van der Waals surface area (Å²) in [5, 5.41) is 4.59. The summed E-state index contributed by atoms with van der Waals surface area (Å²) in [4.78, 5) is 13.0. The Kier molecular flexibility index (Phi) is 3.65. The van der Waals surface area contributed by atoms with Crippen LogP contribution in [0.5, 0.6) is 0 Å². The van der Waals surface area contributed by atoms with E-state index in [0.29, 0.717) is 0 Å². The summed E-state index contributed by atoms with van der Waals surface area (Å²) in [6, 6.07) is 10.4. The van der Waals surface area contributed by atoms with Crippen molar-refractivity contribution in [1.29, 1.82) is 0 Å². The maximum absolute atomic E-state index is 4.41. The van der Waals surface area contributed by atoms with Crippen molar-refractivity contribution in [2.24, 2.45) is 0 Å². The third-order valence-corrected chi connectivity index (χ3v) is 3.25. The van der Waals surface area contributed by atoms with Gasteiger partial charge in [-0.1, -0.05) is 25.1 Å². The Bertz CT molecular complexity index is 697. The van der Waals surface area contributed by atoms with Gasteiger partial charge in [-0.05, 0) is 24.2 Å². The highest BCUT2D eigenvalue weighted by Crippen LogP contribution is 2.23. The van der Waals surface area contributed by atoms with E-state index in [9.17, 15) is 0 Å². The molecule has 1 aromatic carbocycles. The van der Waals surface area contributed by atoms with E-state index >= 15 is 0 Å². The van der Waals surface area contributed by atoms with Crippen molar-refractivity contribution in [3.63, 3.8) is 0 Å². The van der Waals surface area contributed by atoms with Gasteiger partial charge in [0.2, 0.25) is 0 Å². The van der Waals surface area contributed by atoms with Crippen LogP contribution >= 0.6 is 0 Å². The van der Waals surface area contributed by atoms with Crippen molar-refractivity contribution >= 4 is 10.9 Å². The molecule has 0 radical (unpaired) electrons. The summed E-state index contributed by atoms with van der Waals surface area (Å²) in [6.07, 6.45) is 7.03. The lowest BCUT2D eigenvalue weighted by Gasteiger charge is -2.17. The molecule has 1 N–H and O–H groups in total. The highest BCUT2D eigenvalue weighted by molar-refractivity contribution is 5.79. The minimum Gasteiger partial charge on any atom is -0.305 e. The molecule has 1 atom stereocenters. The van der Waals surface area contributed by atoms with Gasteiger partial charge in [-0.2, -0.15) is 0 Å². The minimum absolute atomic E-state index is 0.0418. The fourth-order valence-electron chi connectivity index (χ4n) is 2.32. The monoisotopic (exact) mass is 264 g/mol. The quantitative estimate of drug-likeness (QED) is 0.787. The average Bonchev–Trinajstić information content (AvgIpc) is 2.53. The second-order valence-corrected chi connectivity index (χ2v) is 4.58. The normalized spacial score (nSPS) is 12.4. The van der Waals surface area contributed by atoms with Crippen molar-refractivity contribution in [1.82, 2.24) is 20.3 Å². The smallest absolute Gasteiger partial charge is 0.0801 e. The van der Waals surface area contributed by atoms with Crippen LogP contribution in [-0.2, 0) is 0 Å². The molecule has 0 bridgehead atoms. The third kappa shape index (κ3) is 2.51. The van der Waals surface area contributed by atoms with Gasteiger partial charge in [-0.3, -0.25) is 15.0 Å². The lowest BCUT2D eigenvalue weighted by atomic mass is 10.0. The fraction of sp³-hybridized carbons (Fsp3) is 0.188. The molecule has 3 aromatic rings. The highest BCUT2D eigenvalue weighted by Gasteiger charge is 2.14. The van der Waals surface area contributed by atoms with Crippen LogP contribution in [0.3, 0.4) is 0 Å². The van der Waals surface area contributed by atoms with Gasteiger partial charge in [0, 0.05) is 24.0 Å². The van der Waals surface area contributed by atoms with Crippen LogP contribution in [0.2, 0.25) is 0 Å². The van der Waals surface area contributed by atoms with Gasteiger partial charge in [0.05, 0.1) is 23.4 Å².